The summed E-state index contributed by atoms with van der Waals surface area (Å²) in [5, 5.41) is 15.5. The molecule has 1 aromatic heterocycles. The maximum absolute atomic E-state index is 12.2. The first kappa shape index (κ1) is 17.9. The number of thioether (sulfide) groups is 1. The van der Waals surface area contributed by atoms with Gasteiger partial charge in [-0.2, -0.15) is 4.68 Å². The molecule has 2 aromatic carbocycles. The van der Waals surface area contributed by atoms with Gasteiger partial charge in [0.15, 0.2) is 0 Å². The number of amides is 1. The topological polar surface area (TPSA) is 72.7 Å². The summed E-state index contributed by atoms with van der Waals surface area (Å²) in [7, 11) is 0. The lowest BCUT2D eigenvalue weighted by molar-refractivity contribution is -0.113. The number of nitrogens with zero attached hydrogens (tertiary/aromatic N) is 4. The third kappa shape index (κ3) is 4.59. The molecule has 3 aromatic rings. The summed E-state index contributed by atoms with van der Waals surface area (Å²) in [4.78, 5) is 12.2. The van der Waals surface area contributed by atoms with Gasteiger partial charge in [-0.1, -0.05) is 45.4 Å². The van der Waals surface area contributed by atoms with E-state index in [1.807, 2.05) is 37.3 Å². The van der Waals surface area contributed by atoms with Gasteiger partial charge in [0.25, 0.3) is 0 Å². The maximum Gasteiger partial charge on any atom is 0.234 e. The van der Waals surface area contributed by atoms with Crippen LogP contribution in [-0.4, -0.2) is 31.9 Å². The van der Waals surface area contributed by atoms with Crippen molar-refractivity contribution in [2.75, 3.05) is 11.1 Å². The van der Waals surface area contributed by atoms with Crippen LogP contribution < -0.4 is 5.32 Å². The Morgan fingerprint density at radius 1 is 1.28 bits per heavy atom. The molecule has 1 heterocycles. The smallest absolute Gasteiger partial charge is 0.234 e. The molecule has 3 rings (SSSR count). The third-order valence-corrected chi connectivity index (χ3v) is 5.00. The SMILES string of the molecule is Cc1ccc(NC(=O)CSc2nnnn2-c2ccc(Br)cc2)c(Cl)c1. The molecule has 6 nitrogen and oxygen atoms in total. The van der Waals surface area contributed by atoms with Crippen molar-refractivity contribution < 1.29 is 4.79 Å². The van der Waals surface area contributed by atoms with Gasteiger partial charge >= 0.3 is 0 Å². The molecular weight excluding hydrogens is 426 g/mol. The Balaban J connectivity index is 1.65. The number of halogens is 2. The van der Waals surface area contributed by atoms with Gasteiger partial charge in [0, 0.05) is 4.47 Å². The zero-order valence-corrected chi connectivity index (χ0v) is 16.3. The molecule has 1 N–H and O–H groups in total. The van der Waals surface area contributed by atoms with E-state index in [0.717, 1.165) is 15.7 Å². The minimum Gasteiger partial charge on any atom is -0.324 e. The average molecular weight is 439 g/mol. The number of hydrogen-bond acceptors (Lipinski definition) is 5. The molecule has 0 spiro atoms. The van der Waals surface area contributed by atoms with E-state index in [-0.39, 0.29) is 11.7 Å². The molecule has 0 bridgehead atoms. The highest BCUT2D eigenvalue weighted by Crippen LogP contribution is 2.24. The number of aryl methyl sites for hydroxylation is 1. The van der Waals surface area contributed by atoms with Crippen LogP contribution in [0.3, 0.4) is 0 Å². The van der Waals surface area contributed by atoms with Crippen molar-refractivity contribution in [3.8, 4) is 5.69 Å². The highest BCUT2D eigenvalue weighted by atomic mass is 79.9. The fourth-order valence-corrected chi connectivity index (χ4v) is 3.29. The number of anilines is 1. The first-order chi connectivity index (χ1) is 12.0. The number of benzene rings is 2. The van der Waals surface area contributed by atoms with Crippen LogP contribution in [0.4, 0.5) is 5.69 Å². The lowest BCUT2D eigenvalue weighted by Gasteiger charge is -2.08. The predicted octanol–water partition coefficient (Wildman–Crippen LogP) is 4.12. The van der Waals surface area contributed by atoms with Crippen molar-refractivity contribution in [3.63, 3.8) is 0 Å². The van der Waals surface area contributed by atoms with Crippen LogP contribution in [0, 0.1) is 6.92 Å². The van der Waals surface area contributed by atoms with E-state index >= 15 is 0 Å². The zero-order valence-electron chi connectivity index (χ0n) is 13.1. The Morgan fingerprint density at radius 3 is 2.76 bits per heavy atom. The van der Waals surface area contributed by atoms with Crippen molar-refractivity contribution >= 4 is 50.9 Å². The van der Waals surface area contributed by atoms with Crippen molar-refractivity contribution in [1.82, 2.24) is 20.2 Å². The number of nitrogens with one attached hydrogen (secondary N) is 1. The van der Waals surface area contributed by atoms with Gasteiger partial charge in [0.05, 0.1) is 22.2 Å². The van der Waals surface area contributed by atoms with Crippen LogP contribution in [0.5, 0.6) is 0 Å². The molecule has 0 saturated heterocycles. The van der Waals surface area contributed by atoms with Gasteiger partial charge in [0.1, 0.15) is 0 Å². The van der Waals surface area contributed by atoms with Gasteiger partial charge in [0.2, 0.25) is 11.1 Å². The first-order valence-electron chi connectivity index (χ1n) is 7.26. The second kappa shape index (κ2) is 7.99. The van der Waals surface area contributed by atoms with E-state index in [1.54, 1.807) is 16.8 Å². The van der Waals surface area contributed by atoms with Gasteiger partial charge in [-0.15, -0.1) is 5.10 Å². The van der Waals surface area contributed by atoms with Gasteiger partial charge in [-0.25, -0.2) is 0 Å². The molecular formula is C16H13BrClN5OS. The molecule has 0 aliphatic carbocycles. The maximum atomic E-state index is 12.2. The summed E-state index contributed by atoms with van der Waals surface area (Å²) in [5.41, 5.74) is 2.44. The molecule has 128 valence electrons. The lowest BCUT2D eigenvalue weighted by atomic mass is 10.2. The van der Waals surface area contributed by atoms with E-state index in [0.29, 0.717) is 15.9 Å². The standard InChI is InChI=1S/C16H13BrClN5OS/c1-10-2-7-14(13(18)8-10)19-15(24)9-25-16-20-21-22-23(16)12-5-3-11(17)4-6-12/h2-8H,9H2,1H3,(H,19,24). The first-order valence-corrected chi connectivity index (χ1v) is 9.42. The van der Waals surface area contributed by atoms with Crippen LogP contribution in [0.15, 0.2) is 52.1 Å². The Labute approximate surface area is 162 Å². The Hall–Kier alpha value is -1.90. The largest absolute Gasteiger partial charge is 0.324 e. The summed E-state index contributed by atoms with van der Waals surface area (Å²) in [6, 6.07) is 13.1. The monoisotopic (exact) mass is 437 g/mol. The highest BCUT2D eigenvalue weighted by Gasteiger charge is 2.12. The molecule has 0 aliphatic rings. The molecule has 0 fully saturated rings. The van der Waals surface area contributed by atoms with Crippen LogP contribution in [-0.2, 0) is 4.79 Å². The van der Waals surface area contributed by atoms with E-state index in [2.05, 4.69) is 36.8 Å². The zero-order chi connectivity index (χ0) is 17.8. The van der Waals surface area contributed by atoms with Crippen molar-refractivity contribution in [1.29, 1.82) is 0 Å². The number of carbonyl (C=O) groups excluding carboxylic acids is 1. The number of carbonyl (C=O) groups is 1. The Morgan fingerprint density at radius 2 is 2.04 bits per heavy atom. The fraction of sp³-hybridized carbons (Fsp3) is 0.125. The molecule has 0 saturated carbocycles. The molecule has 1 amide bonds. The van der Waals surface area contributed by atoms with Gasteiger partial charge < -0.3 is 5.32 Å². The quantitative estimate of drug-likeness (QED) is 0.607. The summed E-state index contributed by atoms with van der Waals surface area (Å²) < 4.78 is 2.55. The summed E-state index contributed by atoms with van der Waals surface area (Å²) in [5.74, 6) is -0.0118. The fourth-order valence-electron chi connectivity index (χ4n) is 2.05. The van der Waals surface area contributed by atoms with Crippen LogP contribution in [0.25, 0.3) is 5.69 Å². The normalized spacial score (nSPS) is 10.7. The molecule has 0 aliphatic heterocycles. The summed E-state index contributed by atoms with van der Waals surface area (Å²) in [6.07, 6.45) is 0. The number of aromatic nitrogens is 4. The summed E-state index contributed by atoms with van der Waals surface area (Å²) >= 11 is 10.8. The average Bonchev–Trinajstić information content (AvgIpc) is 3.05. The van der Waals surface area contributed by atoms with E-state index < -0.39 is 0 Å². The van der Waals surface area contributed by atoms with Crippen LogP contribution >= 0.6 is 39.3 Å². The van der Waals surface area contributed by atoms with Crippen molar-refractivity contribution in [3.05, 3.63) is 57.5 Å². The second-order valence-corrected chi connectivity index (χ2v) is 7.44. The predicted molar refractivity (Wildman–Crippen MR) is 102 cm³/mol. The molecule has 0 unspecified atom stereocenters. The molecule has 9 heteroatoms. The van der Waals surface area contributed by atoms with E-state index in [4.69, 9.17) is 11.6 Å². The minimum absolute atomic E-state index is 0.168. The number of hydrogen-bond donors (Lipinski definition) is 1. The van der Waals surface area contributed by atoms with Crippen LogP contribution in [0.2, 0.25) is 5.02 Å². The van der Waals surface area contributed by atoms with E-state index in [1.165, 1.54) is 11.8 Å². The Kier molecular flexibility index (Phi) is 5.72. The second-order valence-electron chi connectivity index (χ2n) is 5.17. The molecule has 0 radical (unpaired) electrons. The van der Waals surface area contributed by atoms with Gasteiger partial charge in [-0.05, 0) is 59.3 Å². The van der Waals surface area contributed by atoms with E-state index in [9.17, 15) is 4.79 Å². The summed E-state index contributed by atoms with van der Waals surface area (Å²) in [6.45, 7) is 1.94. The van der Waals surface area contributed by atoms with Gasteiger partial charge in [-0.3, -0.25) is 4.79 Å². The number of rotatable bonds is 5. The molecule has 25 heavy (non-hydrogen) atoms. The minimum atomic E-state index is -0.180. The third-order valence-electron chi connectivity index (χ3n) is 3.24. The number of tetrazole rings is 1. The van der Waals surface area contributed by atoms with Crippen LogP contribution in [0.1, 0.15) is 5.56 Å². The van der Waals surface area contributed by atoms with Crippen molar-refractivity contribution in [2.24, 2.45) is 0 Å². The van der Waals surface area contributed by atoms with Crippen molar-refractivity contribution in [2.45, 2.75) is 12.1 Å². The Bertz CT molecular complexity index is 900. The highest BCUT2D eigenvalue weighted by molar-refractivity contribution is 9.10. The lowest BCUT2D eigenvalue weighted by Crippen LogP contribution is -2.15. The molecule has 0 atom stereocenters.